The summed E-state index contributed by atoms with van der Waals surface area (Å²) in [5.74, 6) is 0. The van der Waals surface area contributed by atoms with Crippen molar-refractivity contribution in [2.45, 2.75) is 31.8 Å². The molecule has 0 aliphatic carbocycles. The van der Waals surface area contributed by atoms with Crippen LogP contribution >= 0.6 is 0 Å². The number of nitrogens with one attached hydrogen (secondary N) is 1. The predicted molar refractivity (Wildman–Crippen MR) is 90.6 cm³/mol. The lowest BCUT2D eigenvalue weighted by Crippen LogP contribution is -2.49. The van der Waals surface area contributed by atoms with Crippen LogP contribution in [0.15, 0.2) is 30.3 Å². The molecule has 0 saturated carbocycles. The lowest BCUT2D eigenvalue weighted by atomic mass is 10.1. The molecule has 1 aliphatic heterocycles. The maximum atomic E-state index is 12.4. The standard InChI is InChI=1S/C16H25N3O3S/c1-13(14-7-5-4-6-8-14)18(2)16(20)17-15-9-11-19(12-10-15)23(3,21)22/h4-8,13,15H,9-12H2,1-3H3,(H,17,20)/t13-/m1/s1. The Morgan fingerprint density at radius 1 is 1.26 bits per heavy atom. The van der Waals surface area contributed by atoms with Crippen LogP contribution < -0.4 is 5.32 Å². The maximum Gasteiger partial charge on any atom is 0.317 e. The van der Waals surface area contributed by atoms with Gasteiger partial charge in [0.2, 0.25) is 10.0 Å². The molecule has 2 rings (SSSR count). The molecule has 1 N–H and O–H groups in total. The van der Waals surface area contributed by atoms with Gasteiger partial charge in [0.25, 0.3) is 0 Å². The molecule has 1 heterocycles. The van der Waals surface area contributed by atoms with Gasteiger partial charge >= 0.3 is 6.03 Å². The number of benzene rings is 1. The van der Waals surface area contributed by atoms with Crippen molar-refractivity contribution in [2.75, 3.05) is 26.4 Å². The summed E-state index contributed by atoms with van der Waals surface area (Å²) in [7, 11) is -1.36. The Hall–Kier alpha value is -1.60. The highest BCUT2D eigenvalue weighted by Gasteiger charge is 2.27. The van der Waals surface area contributed by atoms with Crippen molar-refractivity contribution in [3.63, 3.8) is 0 Å². The Balaban J connectivity index is 1.88. The third-order valence-electron chi connectivity index (χ3n) is 4.43. The van der Waals surface area contributed by atoms with E-state index in [4.69, 9.17) is 0 Å². The summed E-state index contributed by atoms with van der Waals surface area (Å²) in [6.45, 7) is 2.91. The van der Waals surface area contributed by atoms with Crippen LogP contribution in [0.1, 0.15) is 31.4 Å². The third kappa shape index (κ3) is 4.68. The van der Waals surface area contributed by atoms with Crippen LogP contribution in [-0.2, 0) is 10.0 Å². The second kappa shape index (κ2) is 7.31. The zero-order chi connectivity index (χ0) is 17.0. The highest BCUT2D eigenvalue weighted by molar-refractivity contribution is 7.88. The van der Waals surface area contributed by atoms with Gasteiger partial charge in [0.15, 0.2) is 0 Å². The minimum absolute atomic E-state index is 0.0194. The van der Waals surface area contributed by atoms with Crippen molar-refractivity contribution in [3.8, 4) is 0 Å². The minimum atomic E-state index is -3.13. The van der Waals surface area contributed by atoms with Crippen LogP contribution in [-0.4, -0.2) is 56.1 Å². The number of piperidine rings is 1. The number of nitrogens with zero attached hydrogens (tertiary/aromatic N) is 2. The molecular formula is C16H25N3O3S. The number of hydrogen-bond donors (Lipinski definition) is 1. The van der Waals surface area contributed by atoms with Gasteiger partial charge < -0.3 is 10.2 Å². The molecule has 1 saturated heterocycles. The lowest BCUT2D eigenvalue weighted by molar-refractivity contribution is 0.184. The average Bonchev–Trinajstić information content (AvgIpc) is 2.54. The Kier molecular flexibility index (Phi) is 5.64. The summed E-state index contributed by atoms with van der Waals surface area (Å²) >= 11 is 0. The SMILES string of the molecule is C[C@H](c1ccccc1)N(C)C(=O)NC1CCN(S(C)(=O)=O)CC1. The summed E-state index contributed by atoms with van der Waals surface area (Å²) < 4.78 is 24.5. The Bertz CT molecular complexity index is 625. The molecule has 0 bridgehead atoms. The van der Waals surface area contributed by atoms with Crippen LogP contribution in [0.2, 0.25) is 0 Å². The van der Waals surface area contributed by atoms with Gasteiger partial charge in [-0.3, -0.25) is 0 Å². The zero-order valence-corrected chi connectivity index (χ0v) is 14.7. The summed E-state index contributed by atoms with van der Waals surface area (Å²) in [4.78, 5) is 14.1. The van der Waals surface area contributed by atoms with Gasteiger partial charge in [-0.25, -0.2) is 17.5 Å². The molecule has 2 amide bonds. The van der Waals surface area contributed by atoms with Crippen LogP contribution in [0.3, 0.4) is 0 Å². The summed E-state index contributed by atoms with van der Waals surface area (Å²) in [6, 6.07) is 9.73. The van der Waals surface area contributed by atoms with Gasteiger partial charge in [0, 0.05) is 26.2 Å². The topological polar surface area (TPSA) is 69.7 Å². The van der Waals surface area contributed by atoms with E-state index < -0.39 is 10.0 Å². The highest BCUT2D eigenvalue weighted by Crippen LogP contribution is 2.19. The van der Waals surface area contributed by atoms with Crippen molar-refractivity contribution in [3.05, 3.63) is 35.9 Å². The molecule has 1 atom stereocenters. The van der Waals surface area contributed by atoms with Crippen LogP contribution in [0.5, 0.6) is 0 Å². The quantitative estimate of drug-likeness (QED) is 0.909. The van der Waals surface area contributed by atoms with Gasteiger partial charge in [-0.1, -0.05) is 30.3 Å². The van der Waals surface area contributed by atoms with Gasteiger partial charge in [-0.2, -0.15) is 0 Å². The normalized spacial score (nSPS) is 18.4. The fourth-order valence-electron chi connectivity index (χ4n) is 2.74. The Labute approximate surface area is 138 Å². The van der Waals surface area contributed by atoms with E-state index in [9.17, 15) is 13.2 Å². The first-order chi connectivity index (χ1) is 10.8. The van der Waals surface area contributed by atoms with E-state index in [2.05, 4.69) is 5.32 Å². The minimum Gasteiger partial charge on any atom is -0.335 e. The smallest absolute Gasteiger partial charge is 0.317 e. The molecular weight excluding hydrogens is 314 g/mol. The number of sulfonamides is 1. The molecule has 0 unspecified atom stereocenters. The van der Waals surface area contributed by atoms with Gasteiger partial charge in [-0.15, -0.1) is 0 Å². The molecule has 6 nitrogen and oxygen atoms in total. The summed E-state index contributed by atoms with van der Waals surface area (Å²) in [5, 5.41) is 3.01. The zero-order valence-electron chi connectivity index (χ0n) is 13.9. The van der Waals surface area contributed by atoms with E-state index in [0.717, 1.165) is 5.56 Å². The van der Waals surface area contributed by atoms with Crippen molar-refractivity contribution in [1.82, 2.24) is 14.5 Å². The molecule has 1 aliphatic rings. The number of hydrogen-bond acceptors (Lipinski definition) is 3. The number of carbonyl (C=O) groups is 1. The van der Waals surface area contributed by atoms with Crippen LogP contribution in [0, 0.1) is 0 Å². The van der Waals surface area contributed by atoms with Crippen molar-refractivity contribution >= 4 is 16.1 Å². The molecule has 1 aromatic carbocycles. The number of carbonyl (C=O) groups excluding carboxylic acids is 1. The first-order valence-electron chi connectivity index (χ1n) is 7.82. The van der Waals surface area contributed by atoms with Crippen molar-refractivity contribution in [1.29, 1.82) is 0 Å². The molecule has 1 fully saturated rings. The average molecular weight is 339 g/mol. The fraction of sp³-hybridized carbons (Fsp3) is 0.562. The molecule has 0 aromatic heterocycles. The van der Waals surface area contributed by atoms with E-state index in [0.29, 0.717) is 25.9 Å². The molecule has 23 heavy (non-hydrogen) atoms. The van der Waals surface area contributed by atoms with Gasteiger partial charge in [-0.05, 0) is 25.3 Å². The monoisotopic (exact) mass is 339 g/mol. The van der Waals surface area contributed by atoms with E-state index in [1.807, 2.05) is 37.3 Å². The summed E-state index contributed by atoms with van der Waals surface area (Å²) in [5.41, 5.74) is 1.08. The Morgan fingerprint density at radius 2 is 1.83 bits per heavy atom. The van der Waals surface area contributed by atoms with Gasteiger partial charge in [0.1, 0.15) is 0 Å². The van der Waals surface area contributed by atoms with Crippen LogP contribution in [0.4, 0.5) is 4.79 Å². The van der Waals surface area contributed by atoms with E-state index >= 15 is 0 Å². The highest BCUT2D eigenvalue weighted by atomic mass is 32.2. The number of rotatable bonds is 4. The lowest BCUT2D eigenvalue weighted by Gasteiger charge is -2.33. The first-order valence-corrected chi connectivity index (χ1v) is 9.67. The largest absolute Gasteiger partial charge is 0.335 e. The molecule has 0 radical (unpaired) electrons. The van der Waals surface area contributed by atoms with Crippen LogP contribution in [0.25, 0.3) is 0 Å². The molecule has 0 spiro atoms. The van der Waals surface area contributed by atoms with E-state index in [1.54, 1.807) is 11.9 Å². The first kappa shape index (κ1) is 17.7. The second-order valence-corrected chi connectivity index (χ2v) is 8.07. The molecule has 128 valence electrons. The predicted octanol–water partition coefficient (Wildman–Crippen LogP) is 1.81. The number of amides is 2. The van der Waals surface area contributed by atoms with Gasteiger partial charge in [0.05, 0.1) is 12.3 Å². The molecule has 1 aromatic rings. The van der Waals surface area contributed by atoms with E-state index in [1.165, 1.54) is 10.6 Å². The second-order valence-electron chi connectivity index (χ2n) is 6.08. The summed E-state index contributed by atoms with van der Waals surface area (Å²) in [6.07, 6.45) is 2.51. The van der Waals surface area contributed by atoms with Crippen molar-refractivity contribution < 1.29 is 13.2 Å². The van der Waals surface area contributed by atoms with Crippen molar-refractivity contribution in [2.24, 2.45) is 0 Å². The molecule has 7 heteroatoms. The van der Waals surface area contributed by atoms with E-state index in [-0.39, 0.29) is 18.1 Å². The third-order valence-corrected chi connectivity index (χ3v) is 5.74. The number of urea groups is 1. The Morgan fingerprint density at radius 3 is 2.35 bits per heavy atom. The fourth-order valence-corrected chi connectivity index (χ4v) is 3.61. The maximum absolute atomic E-state index is 12.4.